The second-order valence-electron chi connectivity index (χ2n) is 3.33. The third kappa shape index (κ3) is 2.81. The summed E-state index contributed by atoms with van der Waals surface area (Å²) in [5, 5.41) is 5.15. The molecule has 1 atom stereocenters. The highest BCUT2D eigenvalue weighted by atomic mass is 35.5. The van der Waals surface area contributed by atoms with Crippen molar-refractivity contribution in [1.82, 2.24) is 0 Å². The number of sulfonamides is 1. The molecular formula is C10H8ClNO3S3. The summed E-state index contributed by atoms with van der Waals surface area (Å²) < 4.78 is 34.8. The predicted octanol–water partition coefficient (Wildman–Crippen LogP) is 2.22. The molecule has 0 aliphatic carbocycles. The number of rotatable bonds is 3. The molecule has 0 aliphatic rings. The summed E-state index contributed by atoms with van der Waals surface area (Å²) in [5.74, 6) is 0. The fourth-order valence-electron chi connectivity index (χ4n) is 1.25. The summed E-state index contributed by atoms with van der Waals surface area (Å²) >= 11 is 6.72. The maximum Gasteiger partial charge on any atom is 0.247 e. The van der Waals surface area contributed by atoms with Crippen LogP contribution in [0.4, 0.5) is 0 Å². The van der Waals surface area contributed by atoms with Gasteiger partial charge in [-0.15, -0.1) is 11.3 Å². The zero-order valence-electron chi connectivity index (χ0n) is 8.87. The van der Waals surface area contributed by atoms with Crippen LogP contribution >= 0.6 is 22.9 Å². The van der Waals surface area contributed by atoms with Crippen LogP contribution in [0.25, 0.3) is 0 Å². The van der Waals surface area contributed by atoms with Crippen molar-refractivity contribution in [2.24, 2.45) is 5.14 Å². The molecule has 0 saturated carbocycles. The molecule has 0 unspecified atom stereocenters. The van der Waals surface area contributed by atoms with E-state index >= 15 is 0 Å². The van der Waals surface area contributed by atoms with Crippen LogP contribution in [-0.2, 0) is 20.8 Å². The summed E-state index contributed by atoms with van der Waals surface area (Å²) in [4.78, 5) is 0.558. The van der Waals surface area contributed by atoms with Crippen molar-refractivity contribution in [2.75, 3.05) is 0 Å². The summed E-state index contributed by atoms with van der Waals surface area (Å²) in [6, 6.07) is 9.88. The molecule has 1 heterocycles. The van der Waals surface area contributed by atoms with Crippen molar-refractivity contribution >= 4 is 43.8 Å². The Bertz CT molecular complexity index is 694. The number of halogens is 1. The van der Waals surface area contributed by atoms with Crippen molar-refractivity contribution < 1.29 is 12.6 Å². The van der Waals surface area contributed by atoms with Gasteiger partial charge in [0.05, 0.1) is 15.8 Å². The summed E-state index contributed by atoms with van der Waals surface area (Å²) in [7, 11) is -5.33. The fourth-order valence-corrected chi connectivity index (χ4v) is 5.20. The Kier molecular flexibility index (Phi) is 3.88. The Hall–Kier alpha value is -0.730. The summed E-state index contributed by atoms with van der Waals surface area (Å²) in [6.45, 7) is 0. The first kappa shape index (κ1) is 13.7. The molecule has 1 aromatic heterocycles. The van der Waals surface area contributed by atoms with Gasteiger partial charge >= 0.3 is 0 Å². The number of nitrogens with two attached hydrogens (primary N) is 1. The zero-order valence-corrected chi connectivity index (χ0v) is 12.1. The van der Waals surface area contributed by atoms with E-state index in [2.05, 4.69) is 0 Å². The van der Waals surface area contributed by atoms with Gasteiger partial charge in [0.25, 0.3) is 0 Å². The SMILES string of the molecule is NS(=O)(=O)c1cc(Cl)c([S@](=O)c2ccccc2)s1. The normalized spacial score (nSPS) is 13.4. The minimum atomic E-state index is -3.82. The van der Waals surface area contributed by atoms with Crippen LogP contribution in [0.2, 0.25) is 5.02 Å². The van der Waals surface area contributed by atoms with Gasteiger partial charge in [-0.05, 0) is 18.2 Å². The average Bonchev–Trinajstić information content (AvgIpc) is 2.71. The molecule has 8 heteroatoms. The lowest BCUT2D eigenvalue weighted by molar-refractivity contribution is 0.600. The van der Waals surface area contributed by atoms with Crippen LogP contribution in [0.1, 0.15) is 0 Å². The van der Waals surface area contributed by atoms with Crippen molar-refractivity contribution in [2.45, 2.75) is 13.3 Å². The second-order valence-corrected chi connectivity index (χ2v) is 8.25. The van der Waals surface area contributed by atoms with E-state index in [-0.39, 0.29) is 13.4 Å². The van der Waals surface area contributed by atoms with Gasteiger partial charge in [-0.2, -0.15) is 0 Å². The number of hydrogen-bond donors (Lipinski definition) is 1. The summed E-state index contributed by atoms with van der Waals surface area (Å²) in [5.41, 5.74) is 0. The molecule has 4 nitrogen and oxygen atoms in total. The molecule has 18 heavy (non-hydrogen) atoms. The van der Waals surface area contributed by atoms with Crippen molar-refractivity contribution in [1.29, 1.82) is 0 Å². The quantitative estimate of drug-likeness (QED) is 0.941. The van der Waals surface area contributed by atoms with E-state index in [4.69, 9.17) is 16.7 Å². The second kappa shape index (κ2) is 5.10. The van der Waals surface area contributed by atoms with Gasteiger partial charge in [0.1, 0.15) is 8.42 Å². The van der Waals surface area contributed by atoms with Gasteiger partial charge in [-0.3, -0.25) is 0 Å². The molecule has 0 spiro atoms. The van der Waals surface area contributed by atoms with Crippen LogP contribution in [-0.4, -0.2) is 12.6 Å². The van der Waals surface area contributed by atoms with E-state index in [1.807, 2.05) is 0 Å². The van der Waals surface area contributed by atoms with E-state index in [1.54, 1.807) is 30.3 Å². The smallest absolute Gasteiger partial charge is 0.247 e. The first-order valence-electron chi connectivity index (χ1n) is 4.68. The molecule has 96 valence electrons. The molecule has 0 fully saturated rings. The molecule has 0 amide bonds. The first-order valence-corrected chi connectivity index (χ1v) is 8.57. The molecule has 2 N–H and O–H groups in total. The highest BCUT2D eigenvalue weighted by molar-refractivity contribution is 7.92. The lowest BCUT2D eigenvalue weighted by Crippen LogP contribution is -2.09. The first-order chi connectivity index (χ1) is 8.39. The van der Waals surface area contributed by atoms with Crippen LogP contribution in [0, 0.1) is 0 Å². The Morgan fingerprint density at radius 3 is 2.33 bits per heavy atom. The van der Waals surface area contributed by atoms with Gasteiger partial charge in [0.15, 0.2) is 0 Å². The van der Waals surface area contributed by atoms with Crippen molar-refractivity contribution in [3.05, 3.63) is 41.4 Å². The monoisotopic (exact) mass is 321 g/mol. The highest BCUT2D eigenvalue weighted by Crippen LogP contribution is 2.34. The van der Waals surface area contributed by atoms with E-state index < -0.39 is 20.8 Å². The van der Waals surface area contributed by atoms with Crippen molar-refractivity contribution in [3.8, 4) is 0 Å². The number of hydrogen-bond acceptors (Lipinski definition) is 4. The molecular weight excluding hydrogens is 314 g/mol. The van der Waals surface area contributed by atoms with Crippen molar-refractivity contribution in [3.63, 3.8) is 0 Å². The Labute approximate surface area is 116 Å². The lowest BCUT2D eigenvalue weighted by Gasteiger charge is -1.99. The zero-order chi connectivity index (χ0) is 13.3. The van der Waals surface area contributed by atoms with Gasteiger partial charge in [0, 0.05) is 4.90 Å². The molecule has 2 rings (SSSR count). The number of primary sulfonamides is 1. The molecule has 0 aliphatic heterocycles. The van der Waals surface area contributed by atoms with Crippen LogP contribution in [0.15, 0.2) is 49.7 Å². The topological polar surface area (TPSA) is 77.2 Å². The lowest BCUT2D eigenvalue weighted by atomic mass is 10.4. The Morgan fingerprint density at radius 1 is 1.22 bits per heavy atom. The minimum Gasteiger partial charge on any atom is -0.248 e. The minimum absolute atomic E-state index is 0.0909. The molecule has 0 radical (unpaired) electrons. The third-order valence-electron chi connectivity index (χ3n) is 2.04. The van der Waals surface area contributed by atoms with Crippen LogP contribution in [0.3, 0.4) is 0 Å². The maximum atomic E-state index is 12.2. The van der Waals surface area contributed by atoms with Gasteiger partial charge in [-0.25, -0.2) is 17.8 Å². The third-order valence-corrected chi connectivity index (χ3v) is 6.87. The van der Waals surface area contributed by atoms with Gasteiger partial charge in [-0.1, -0.05) is 29.8 Å². The maximum absolute atomic E-state index is 12.2. The van der Waals surface area contributed by atoms with E-state index in [9.17, 15) is 12.6 Å². The average molecular weight is 322 g/mol. The molecule has 1 aromatic carbocycles. The van der Waals surface area contributed by atoms with E-state index in [1.165, 1.54) is 6.07 Å². The summed E-state index contributed by atoms with van der Waals surface area (Å²) in [6.07, 6.45) is 0. The van der Waals surface area contributed by atoms with E-state index in [0.29, 0.717) is 4.90 Å². The highest BCUT2D eigenvalue weighted by Gasteiger charge is 2.20. The standard InChI is InChI=1S/C10H8ClNO3S3/c11-8-6-9(18(12,14)15)16-10(8)17(13)7-4-2-1-3-5-7/h1-6H,(H2,12,14,15)/t17-/m1/s1. The molecule has 2 aromatic rings. The van der Waals surface area contributed by atoms with Crippen LogP contribution < -0.4 is 5.14 Å². The number of thiophene rings is 1. The largest absolute Gasteiger partial charge is 0.248 e. The predicted molar refractivity (Wildman–Crippen MR) is 71.8 cm³/mol. The molecule has 0 bridgehead atoms. The Balaban J connectivity index is 2.47. The fraction of sp³-hybridized carbons (Fsp3) is 0. The van der Waals surface area contributed by atoms with Crippen LogP contribution in [0.5, 0.6) is 0 Å². The number of benzene rings is 1. The van der Waals surface area contributed by atoms with E-state index in [0.717, 1.165) is 11.3 Å². The molecule has 0 saturated heterocycles. The Morgan fingerprint density at radius 2 is 1.83 bits per heavy atom. The van der Waals surface area contributed by atoms with Gasteiger partial charge in [0.2, 0.25) is 10.0 Å². The van der Waals surface area contributed by atoms with Gasteiger partial charge < -0.3 is 0 Å².